The van der Waals surface area contributed by atoms with Gasteiger partial charge in [0.2, 0.25) is 10.0 Å². The molecule has 1 atom stereocenters. The summed E-state index contributed by atoms with van der Waals surface area (Å²) in [6, 6.07) is -0.119. The van der Waals surface area contributed by atoms with Crippen molar-refractivity contribution in [3.05, 3.63) is 0 Å². The lowest BCUT2D eigenvalue weighted by Gasteiger charge is -2.21. The van der Waals surface area contributed by atoms with E-state index in [1.54, 1.807) is 6.92 Å². The quantitative estimate of drug-likeness (QED) is 0.740. The minimum Gasteiger partial charge on any atom is -0.327 e. The van der Waals surface area contributed by atoms with Crippen molar-refractivity contribution in [3.8, 4) is 0 Å². The Labute approximate surface area is 92.7 Å². The molecule has 0 spiro atoms. The van der Waals surface area contributed by atoms with Gasteiger partial charge >= 0.3 is 0 Å². The van der Waals surface area contributed by atoms with E-state index in [0.29, 0.717) is 12.5 Å². The van der Waals surface area contributed by atoms with Crippen molar-refractivity contribution in [2.45, 2.75) is 45.1 Å². The molecule has 1 aliphatic carbocycles. The highest BCUT2D eigenvalue weighted by atomic mass is 32.2. The highest BCUT2D eigenvalue weighted by Crippen LogP contribution is 2.24. The van der Waals surface area contributed by atoms with E-state index < -0.39 is 10.0 Å². The fourth-order valence-corrected chi connectivity index (χ4v) is 3.57. The summed E-state index contributed by atoms with van der Waals surface area (Å²) in [6.07, 6.45) is 5.71. The topological polar surface area (TPSA) is 72.2 Å². The summed E-state index contributed by atoms with van der Waals surface area (Å²) >= 11 is 0. The molecule has 0 aromatic carbocycles. The molecule has 1 saturated carbocycles. The Morgan fingerprint density at radius 3 is 2.47 bits per heavy atom. The normalized spacial score (nSPS) is 21.5. The van der Waals surface area contributed by atoms with E-state index in [9.17, 15) is 8.42 Å². The summed E-state index contributed by atoms with van der Waals surface area (Å²) in [4.78, 5) is 0. The Bertz CT molecular complexity index is 269. The zero-order valence-electron chi connectivity index (χ0n) is 9.41. The van der Waals surface area contributed by atoms with Crippen LogP contribution in [0.2, 0.25) is 0 Å². The van der Waals surface area contributed by atoms with Crippen LogP contribution < -0.4 is 10.5 Å². The smallest absolute Gasteiger partial charge is 0.211 e. The van der Waals surface area contributed by atoms with Gasteiger partial charge in [-0.15, -0.1) is 0 Å². The van der Waals surface area contributed by atoms with Gasteiger partial charge in [-0.3, -0.25) is 0 Å². The molecule has 4 nitrogen and oxygen atoms in total. The molecule has 1 aliphatic rings. The fourth-order valence-electron chi connectivity index (χ4n) is 1.98. The van der Waals surface area contributed by atoms with Gasteiger partial charge in [0.25, 0.3) is 0 Å². The van der Waals surface area contributed by atoms with Crippen molar-refractivity contribution in [2.75, 3.05) is 12.3 Å². The molecule has 15 heavy (non-hydrogen) atoms. The number of hydrogen-bond acceptors (Lipinski definition) is 3. The maximum Gasteiger partial charge on any atom is 0.211 e. The molecule has 0 bridgehead atoms. The zero-order valence-corrected chi connectivity index (χ0v) is 10.2. The molecular weight excluding hydrogens is 212 g/mol. The molecule has 0 aliphatic heterocycles. The first kappa shape index (κ1) is 12.9. The van der Waals surface area contributed by atoms with E-state index in [4.69, 9.17) is 5.73 Å². The van der Waals surface area contributed by atoms with Crippen LogP contribution in [0.3, 0.4) is 0 Å². The maximum absolute atomic E-state index is 11.6. The molecule has 0 radical (unpaired) electrons. The van der Waals surface area contributed by atoms with Crippen LogP contribution in [0.15, 0.2) is 0 Å². The fraction of sp³-hybridized carbons (Fsp3) is 1.00. The predicted molar refractivity (Wildman–Crippen MR) is 62.0 cm³/mol. The van der Waals surface area contributed by atoms with Gasteiger partial charge in [0.05, 0.1) is 5.75 Å². The van der Waals surface area contributed by atoms with Crippen LogP contribution in [0.4, 0.5) is 0 Å². The molecule has 1 fully saturated rings. The summed E-state index contributed by atoms with van der Waals surface area (Å²) in [7, 11) is -3.11. The third-order valence-electron chi connectivity index (χ3n) is 2.81. The van der Waals surface area contributed by atoms with Crippen LogP contribution in [0, 0.1) is 5.92 Å². The average molecular weight is 234 g/mol. The van der Waals surface area contributed by atoms with Gasteiger partial charge in [-0.2, -0.15) is 0 Å². The van der Waals surface area contributed by atoms with Crippen LogP contribution in [-0.2, 0) is 10.0 Å². The van der Waals surface area contributed by atoms with Crippen molar-refractivity contribution < 1.29 is 8.42 Å². The number of hydrogen-bond donors (Lipinski definition) is 2. The lowest BCUT2D eigenvalue weighted by molar-refractivity contribution is 0.384. The Kier molecular flexibility index (Phi) is 5.02. The van der Waals surface area contributed by atoms with Crippen molar-refractivity contribution in [2.24, 2.45) is 11.7 Å². The SMILES string of the molecule is CC(N)CNS(=O)(=O)CC1CCCCC1. The highest BCUT2D eigenvalue weighted by molar-refractivity contribution is 7.89. The molecule has 0 aromatic rings. The number of sulfonamides is 1. The Balaban J connectivity index is 2.34. The van der Waals surface area contributed by atoms with Gasteiger partial charge in [-0.25, -0.2) is 13.1 Å². The third-order valence-corrected chi connectivity index (χ3v) is 4.32. The minimum absolute atomic E-state index is 0.119. The van der Waals surface area contributed by atoms with Crippen molar-refractivity contribution in [1.82, 2.24) is 4.72 Å². The van der Waals surface area contributed by atoms with Crippen molar-refractivity contribution >= 4 is 10.0 Å². The largest absolute Gasteiger partial charge is 0.327 e. The second kappa shape index (κ2) is 5.82. The molecular formula is C10H22N2O2S. The van der Waals surface area contributed by atoms with E-state index >= 15 is 0 Å². The summed E-state index contributed by atoms with van der Waals surface area (Å²) < 4.78 is 25.8. The first-order chi connectivity index (χ1) is 6.99. The van der Waals surface area contributed by atoms with E-state index in [-0.39, 0.29) is 11.8 Å². The lowest BCUT2D eigenvalue weighted by atomic mass is 9.91. The zero-order chi connectivity index (χ0) is 11.3. The molecule has 0 aromatic heterocycles. The Morgan fingerprint density at radius 1 is 1.33 bits per heavy atom. The van der Waals surface area contributed by atoms with E-state index in [1.807, 2.05) is 0 Å². The number of rotatable bonds is 5. The molecule has 90 valence electrons. The van der Waals surface area contributed by atoms with Crippen molar-refractivity contribution in [1.29, 1.82) is 0 Å². The van der Waals surface area contributed by atoms with Crippen LogP contribution in [0.5, 0.6) is 0 Å². The second-order valence-corrected chi connectivity index (χ2v) is 6.46. The average Bonchev–Trinajstić information content (AvgIpc) is 2.16. The molecule has 5 heteroatoms. The third kappa shape index (κ3) is 5.49. The van der Waals surface area contributed by atoms with E-state index in [2.05, 4.69) is 4.72 Å². The Morgan fingerprint density at radius 2 is 1.93 bits per heavy atom. The Hall–Kier alpha value is -0.130. The molecule has 1 unspecified atom stereocenters. The minimum atomic E-state index is -3.11. The van der Waals surface area contributed by atoms with Crippen LogP contribution in [-0.4, -0.2) is 26.8 Å². The first-order valence-electron chi connectivity index (χ1n) is 5.72. The van der Waals surface area contributed by atoms with Crippen LogP contribution in [0.1, 0.15) is 39.0 Å². The molecule has 0 amide bonds. The lowest BCUT2D eigenvalue weighted by Crippen LogP contribution is -2.38. The number of nitrogens with one attached hydrogen (secondary N) is 1. The summed E-state index contributed by atoms with van der Waals surface area (Å²) in [5, 5.41) is 0. The molecule has 3 N–H and O–H groups in total. The van der Waals surface area contributed by atoms with E-state index in [1.165, 1.54) is 19.3 Å². The van der Waals surface area contributed by atoms with Gasteiger partial charge < -0.3 is 5.73 Å². The molecule has 1 rings (SSSR count). The van der Waals surface area contributed by atoms with Gasteiger partial charge in [-0.1, -0.05) is 19.3 Å². The highest BCUT2D eigenvalue weighted by Gasteiger charge is 2.20. The van der Waals surface area contributed by atoms with Crippen LogP contribution >= 0.6 is 0 Å². The van der Waals surface area contributed by atoms with Gasteiger partial charge in [-0.05, 0) is 25.7 Å². The second-order valence-electron chi connectivity index (χ2n) is 4.61. The van der Waals surface area contributed by atoms with Gasteiger partial charge in [0.1, 0.15) is 0 Å². The number of nitrogens with two attached hydrogens (primary N) is 1. The predicted octanol–water partition coefficient (Wildman–Crippen LogP) is 0.833. The molecule has 0 heterocycles. The summed E-state index contributed by atoms with van der Waals surface area (Å²) in [6.45, 7) is 2.14. The van der Waals surface area contributed by atoms with Crippen molar-refractivity contribution in [3.63, 3.8) is 0 Å². The monoisotopic (exact) mass is 234 g/mol. The van der Waals surface area contributed by atoms with Gasteiger partial charge in [0.15, 0.2) is 0 Å². The standard InChI is InChI=1S/C10H22N2O2S/c1-9(11)7-12-15(13,14)8-10-5-3-2-4-6-10/h9-10,12H,2-8,11H2,1H3. The maximum atomic E-state index is 11.6. The summed E-state index contributed by atoms with van der Waals surface area (Å²) in [5.41, 5.74) is 5.51. The van der Waals surface area contributed by atoms with Gasteiger partial charge in [0, 0.05) is 12.6 Å². The van der Waals surface area contributed by atoms with Crippen LogP contribution in [0.25, 0.3) is 0 Å². The summed E-state index contributed by atoms with van der Waals surface area (Å²) in [5.74, 6) is 0.629. The first-order valence-corrected chi connectivity index (χ1v) is 7.38. The molecule has 0 saturated heterocycles. The van der Waals surface area contributed by atoms with E-state index in [0.717, 1.165) is 12.8 Å².